The molecule has 224 valence electrons. The second-order valence-electron chi connectivity index (χ2n) is 9.95. The number of carbonyl (C=O) groups is 2. The summed E-state index contributed by atoms with van der Waals surface area (Å²) in [6.45, 7) is 1.82. The van der Waals surface area contributed by atoms with E-state index in [1.54, 1.807) is 18.2 Å². The van der Waals surface area contributed by atoms with Crippen molar-refractivity contribution in [2.45, 2.75) is 37.2 Å². The van der Waals surface area contributed by atoms with Crippen LogP contribution in [0.2, 0.25) is 0 Å². The lowest BCUT2D eigenvalue weighted by atomic mass is 10.0. The molecule has 2 amide bonds. The van der Waals surface area contributed by atoms with E-state index in [-0.39, 0.29) is 29.5 Å². The van der Waals surface area contributed by atoms with Gasteiger partial charge in [-0.15, -0.1) is 0 Å². The topological polar surface area (TPSA) is 86.8 Å². The first-order valence-corrected chi connectivity index (χ1v) is 16.1. The van der Waals surface area contributed by atoms with Gasteiger partial charge in [0.1, 0.15) is 18.4 Å². The lowest BCUT2D eigenvalue weighted by Crippen LogP contribution is -2.53. The quantitative estimate of drug-likeness (QED) is 0.191. The van der Waals surface area contributed by atoms with Crippen molar-refractivity contribution in [2.75, 3.05) is 17.4 Å². The molecule has 43 heavy (non-hydrogen) atoms. The number of carbonyl (C=O) groups excluding carboxylic acids is 2. The largest absolute Gasteiger partial charge is 0.354 e. The maximum Gasteiger partial charge on any atom is 0.264 e. The van der Waals surface area contributed by atoms with Crippen molar-refractivity contribution < 1.29 is 22.4 Å². The highest BCUT2D eigenvalue weighted by molar-refractivity contribution is 9.10. The average molecular weight is 667 g/mol. The summed E-state index contributed by atoms with van der Waals surface area (Å²) in [5.41, 5.74) is 1.73. The second-order valence-corrected chi connectivity index (χ2v) is 12.7. The van der Waals surface area contributed by atoms with Gasteiger partial charge in [0.05, 0.1) is 10.6 Å². The van der Waals surface area contributed by atoms with Crippen LogP contribution in [0.15, 0.2) is 119 Å². The van der Waals surface area contributed by atoms with Crippen LogP contribution in [0.1, 0.15) is 24.5 Å². The Balaban J connectivity index is 1.78. The lowest BCUT2D eigenvalue weighted by molar-refractivity contribution is -0.140. The molecule has 4 aromatic rings. The fourth-order valence-corrected chi connectivity index (χ4v) is 6.26. The van der Waals surface area contributed by atoms with E-state index in [2.05, 4.69) is 21.2 Å². The van der Waals surface area contributed by atoms with Gasteiger partial charge in [0, 0.05) is 24.0 Å². The number of nitrogens with one attached hydrogen (secondary N) is 1. The average Bonchev–Trinajstić information content (AvgIpc) is 3.02. The van der Waals surface area contributed by atoms with Crippen molar-refractivity contribution in [3.63, 3.8) is 0 Å². The fourth-order valence-electron chi connectivity index (χ4n) is 4.56. The molecule has 0 spiro atoms. The Morgan fingerprint density at radius 1 is 0.837 bits per heavy atom. The molecule has 4 rings (SSSR count). The number of nitrogens with zero attached hydrogens (tertiary/aromatic N) is 2. The number of anilines is 1. The summed E-state index contributed by atoms with van der Waals surface area (Å²) in [6.07, 6.45) is 0.929. The van der Waals surface area contributed by atoms with E-state index in [4.69, 9.17) is 0 Å². The van der Waals surface area contributed by atoms with Gasteiger partial charge in [0.15, 0.2) is 0 Å². The predicted molar refractivity (Wildman–Crippen MR) is 169 cm³/mol. The number of halogens is 2. The molecular formula is C33H33BrFN3O4S. The zero-order valence-corrected chi connectivity index (χ0v) is 26.1. The van der Waals surface area contributed by atoms with Crippen molar-refractivity contribution in [1.29, 1.82) is 0 Å². The van der Waals surface area contributed by atoms with E-state index in [1.165, 1.54) is 29.2 Å². The van der Waals surface area contributed by atoms with Crippen LogP contribution in [0.25, 0.3) is 0 Å². The Kier molecular flexibility index (Phi) is 11.1. The molecule has 0 aliphatic carbocycles. The number of hydrogen-bond acceptors (Lipinski definition) is 4. The van der Waals surface area contributed by atoms with E-state index < -0.39 is 34.3 Å². The van der Waals surface area contributed by atoms with Gasteiger partial charge >= 0.3 is 0 Å². The highest BCUT2D eigenvalue weighted by Gasteiger charge is 2.34. The molecule has 0 heterocycles. The third-order valence-corrected chi connectivity index (χ3v) is 9.13. The monoisotopic (exact) mass is 665 g/mol. The normalized spacial score (nSPS) is 11.9. The van der Waals surface area contributed by atoms with Crippen molar-refractivity contribution in [2.24, 2.45) is 0 Å². The Bertz CT molecular complexity index is 1600. The van der Waals surface area contributed by atoms with E-state index in [0.29, 0.717) is 13.0 Å². The fraction of sp³-hybridized carbons (Fsp3) is 0.212. The summed E-state index contributed by atoms with van der Waals surface area (Å²) >= 11 is 3.43. The van der Waals surface area contributed by atoms with Gasteiger partial charge in [-0.25, -0.2) is 12.8 Å². The molecular weight excluding hydrogens is 633 g/mol. The molecule has 7 nitrogen and oxygen atoms in total. The van der Waals surface area contributed by atoms with Gasteiger partial charge < -0.3 is 10.2 Å². The summed E-state index contributed by atoms with van der Waals surface area (Å²) in [6, 6.07) is 28.4. The molecule has 0 radical (unpaired) electrons. The van der Waals surface area contributed by atoms with Crippen LogP contribution in [0, 0.1) is 5.82 Å². The molecule has 0 aliphatic rings. The van der Waals surface area contributed by atoms with Crippen LogP contribution >= 0.6 is 15.9 Å². The first kappa shape index (κ1) is 31.9. The van der Waals surface area contributed by atoms with Crippen LogP contribution in [-0.2, 0) is 32.6 Å². The molecule has 10 heteroatoms. The minimum absolute atomic E-state index is 0.0203. The SMILES string of the molecule is CCCNC(=O)C(Cc1ccccc1)N(Cc1ccc(Br)cc1)C(=O)CN(c1ccc(F)cc1)S(=O)(=O)c1ccccc1. The molecule has 0 saturated carbocycles. The van der Waals surface area contributed by atoms with Crippen LogP contribution in [0.4, 0.5) is 10.1 Å². The van der Waals surface area contributed by atoms with Crippen LogP contribution < -0.4 is 9.62 Å². The van der Waals surface area contributed by atoms with Gasteiger partial charge in [-0.2, -0.15) is 0 Å². The van der Waals surface area contributed by atoms with E-state index >= 15 is 0 Å². The molecule has 0 fully saturated rings. The summed E-state index contributed by atoms with van der Waals surface area (Å²) in [5, 5.41) is 2.92. The molecule has 0 aliphatic heterocycles. The van der Waals surface area contributed by atoms with Crippen LogP contribution in [0.5, 0.6) is 0 Å². The third kappa shape index (κ3) is 8.52. The van der Waals surface area contributed by atoms with E-state index in [1.807, 2.05) is 61.5 Å². The van der Waals surface area contributed by atoms with Gasteiger partial charge in [-0.05, 0) is 66.1 Å². The molecule has 0 aromatic heterocycles. The number of hydrogen-bond donors (Lipinski definition) is 1. The number of benzene rings is 4. The van der Waals surface area contributed by atoms with Crippen LogP contribution in [-0.4, -0.2) is 44.3 Å². The van der Waals surface area contributed by atoms with E-state index in [9.17, 15) is 22.4 Å². The van der Waals surface area contributed by atoms with Crippen LogP contribution in [0.3, 0.4) is 0 Å². The zero-order valence-electron chi connectivity index (χ0n) is 23.7. The maximum atomic E-state index is 14.3. The van der Waals surface area contributed by atoms with E-state index in [0.717, 1.165) is 32.0 Å². The van der Waals surface area contributed by atoms with Gasteiger partial charge in [-0.1, -0.05) is 83.5 Å². The minimum atomic E-state index is -4.24. The predicted octanol–water partition coefficient (Wildman–Crippen LogP) is 5.95. The number of rotatable bonds is 13. The van der Waals surface area contributed by atoms with Crippen molar-refractivity contribution in [3.05, 3.63) is 131 Å². The summed E-state index contributed by atoms with van der Waals surface area (Å²) in [7, 11) is -4.24. The Labute approximate surface area is 260 Å². The Morgan fingerprint density at radius 2 is 1.44 bits per heavy atom. The zero-order chi connectivity index (χ0) is 30.8. The summed E-state index contributed by atoms with van der Waals surface area (Å²) in [5.74, 6) is -1.46. The number of amides is 2. The molecule has 0 saturated heterocycles. The highest BCUT2D eigenvalue weighted by Crippen LogP contribution is 2.25. The summed E-state index contributed by atoms with van der Waals surface area (Å²) < 4.78 is 43.4. The maximum absolute atomic E-state index is 14.3. The van der Waals surface area contributed by atoms with Crippen molar-refractivity contribution in [1.82, 2.24) is 10.2 Å². The Hall–Kier alpha value is -4.02. The minimum Gasteiger partial charge on any atom is -0.354 e. The number of sulfonamides is 1. The van der Waals surface area contributed by atoms with Gasteiger partial charge in [0.2, 0.25) is 11.8 Å². The molecule has 1 atom stereocenters. The molecule has 0 bridgehead atoms. The van der Waals surface area contributed by atoms with Gasteiger partial charge in [-0.3, -0.25) is 13.9 Å². The molecule has 1 N–H and O–H groups in total. The third-order valence-electron chi connectivity index (χ3n) is 6.81. The van der Waals surface area contributed by atoms with Crippen molar-refractivity contribution in [3.8, 4) is 0 Å². The second kappa shape index (κ2) is 14.9. The molecule has 1 unspecified atom stereocenters. The lowest BCUT2D eigenvalue weighted by Gasteiger charge is -2.34. The van der Waals surface area contributed by atoms with Gasteiger partial charge in [0.25, 0.3) is 10.0 Å². The first-order valence-electron chi connectivity index (χ1n) is 13.9. The standard InChI is InChI=1S/C33H33BrFN3O4S/c1-2-21-36-33(40)31(22-25-9-5-3-6-10-25)37(23-26-13-15-27(34)16-14-26)32(39)24-38(29-19-17-28(35)18-20-29)43(41,42)30-11-7-4-8-12-30/h3-20,31H,2,21-24H2,1H3,(H,36,40). The molecule has 4 aromatic carbocycles. The Morgan fingerprint density at radius 3 is 2.05 bits per heavy atom. The van der Waals surface area contributed by atoms with Crippen molar-refractivity contribution >= 4 is 43.5 Å². The summed E-state index contributed by atoms with van der Waals surface area (Å²) in [4.78, 5) is 29.3. The smallest absolute Gasteiger partial charge is 0.264 e. The first-order chi connectivity index (χ1) is 20.7. The highest BCUT2D eigenvalue weighted by atomic mass is 79.9.